The van der Waals surface area contributed by atoms with E-state index in [1.165, 1.54) is 12.1 Å². The van der Waals surface area contributed by atoms with Crippen molar-refractivity contribution >= 4 is 5.97 Å². The van der Waals surface area contributed by atoms with Crippen LogP contribution in [0.1, 0.15) is 10.4 Å². The quantitative estimate of drug-likeness (QED) is 0.784. The lowest BCUT2D eigenvalue weighted by molar-refractivity contribution is 0.0697. The largest absolute Gasteiger partial charge is 0.478 e. The second-order valence-corrected chi connectivity index (χ2v) is 4.14. The van der Waals surface area contributed by atoms with Gasteiger partial charge in [-0.05, 0) is 36.4 Å². The molecule has 0 atom stereocenters. The van der Waals surface area contributed by atoms with E-state index in [1.807, 2.05) is 12.1 Å². The van der Waals surface area contributed by atoms with Crippen LogP contribution in [0.15, 0.2) is 55.0 Å². The summed E-state index contributed by atoms with van der Waals surface area (Å²) in [6, 6.07) is 10.1. The summed E-state index contributed by atoms with van der Waals surface area (Å²) in [6.45, 7) is 0. The van der Waals surface area contributed by atoms with Crippen molar-refractivity contribution in [3.05, 3.63) is 60.6 Å². The molecule has 6 heteroatoms. The minimum absolute atomic E-state index is 0.239. The van der Waals surface area contributed by atoms with Gasteiger partial charge in [-0.2, -0.15) is 0 Å². The predicted molar refractivity (Wildman–Crippen MR) is 71.5 cm³/mol. The Kier molecular flexibility index (Phi) is 2.96. The third-order valence-corrected chi connectivity index (χ3v) is 2.85. The molecule has 1 aromatic carbocycles. The summed E-state index contributed by atoms with van der Waals surface area (Å²) in [6.07, 6.45) is 5.16. The molecule has 2 heterocycles. The molecule has 3 rings (SSSR count). The molecule has 3 aromatic rings. The van der Waals surface area contributed by atoms with Crippen LogP contribution in [0.25, 0.3) is 16.9 Å². The molecule has 0 aliphatic rings. The van der Waals surface area contributed by atoms with Crippen molar-refractivity contribution in [2.24, 2.45) is 0 Å². The van der Waals surface area contributed by atoms with E-state index in [0.29, 0.717) is 0 Å². The topological polar surface area (TPSA) is 80.9 Å². The lowest BCUT2D eigenvalue weighted by Crippen LogP contribution is -1.98. The van der Waals surface area contributed by atoms with Gasteiger partial charge in [0.1, 0.15) is 5.69 Å². The van der Waals surface area contributed by atoms with Crippen molar-refractivity contribution in [1.82, 2.24) is 20.0 Å². The number of aromatic carboxylic acids is 1. The maximum Gasteiger partial charge on any atom is 0.335 e. The number of carboxylic acid groups (broad SMARTS) is 1. The zero-order valence-electron chi connectivity index (χ0n) is 10.3. The Morgan fingerprint density at radius 3 is 2.40 bits per heavy atom. The standard InChI is InChI=1S/C14H10N4O2/c19-14(20)11-1-3-12(4-2-11)18-9-13(16-17-18)10-5-7-15-8-6-10/h1-9H,(H,19,20). The predicted octanol–water partition coefficient (Wildman–Crippen LogP) is 2.03. The number of carbonyl (C=O) groups is 1. The molecule has 1 N–H and O–H groups in total. The lowest BCUT2D eigenvalue weighted by Gasteiger charge is -2.00. The number of hydrogen-bond donors (Lipinski definition) is 1. The Morgan fingerprint density at radius 2 is 1.75 bits per heavy atom. The van der Waals surface area contributed by atoms with Crippen molar-refractivity contribution in [3.63, 3.8) is 0 Å². The van der Waals surface area contributed by atoms with Crippen LogP contribution in [0.4, 0.5) is 0 Å². The van der Waals surface area contributed by atoms with Gasteiger partial charge in [-0.25, -0.2) is 9.48 Å². The van der Waals surface area contributed by atoms with Gasteiger partial charge >= 0.3 is 5.97 Å². The molecule has 20 heavy (non-hydrogen) atoms. The van der Waals surface area contributed by atoms with Crippen LogP contribution in [-0.4, -0.2) is 31.1 Å². The minimum atomic E-state index is -0.951. The zero-order valence-corrected chi connectivity index (χ0v) is 10.3. The second kappa shape index (κ2) is 4.93. The van der Waals surface area contributed by atoms with Gasteiger partial charge in [0.15, 0.2) is 0 Å². The van der Waals surface area contributed by atoms with Crippen LogP contribution in [0.3, 0.4) is 0 Å². The van der Waals surface area contributed by atoms with Crippen LogP contribution in [0.2, 0.25) is 0 Å². The van der Waals surface area contributed by atoms with Crippen molar-refractivity contribution in [2.75, 3.05) is 0 Å². The van der Waals surface area contributed by atoms with Gasteiger partial charge in [0.2, 0.25) is 0 Å². The summed E-state index contributed by atoms with van der Waals surface area (Å²) in [7, 11) is 0. The Morgan fingerprint density at radius 1 is 1.05 bits per heavy atom. The summed E-state index contributed by atoms with van der Waals surface area (Å²) < 4.78 is 1.60. The molecule has 0 saturated carbocycles. The highest BCUT2D eigenvalue weighted by Gasteiger charge is 2.06. The highest BCUT2D eigenvalue weighted by molar-refractivity contribution is 5.87. The van der Waals surface area contributed by atoms with E-state index >= 15 is 0 Å². The monoisotopic (exact) mass is 266 g/mol. The van der Waals surface area contributed by atoms with Crippen molar-refractivity contribution in [2.45, 2.75) is 0 Å². The van der Waals surface area contributed by atoms with Crippen molar-refractivity contribution in [3.8, 4) is 16.9 Å². The molecule has 0 saturated heterocycles. The maximum atomic E-state index is 10.8. The van der Waals surface area contributed by atoms with Crippen molar-refractivity contribution in [1.29, 1.82) is 0 Å². The van der Waals surface area contributed by atoms with Crippen LogP contribution in [0.5, 0.6) is 0 Å². The molecular weight excluding hydrogens is 256 g/mol. The molecule has 0 bridgehead atoms. The zero-order chi connectivity index (χ0) is 13.9. The molecule has 2 aromatic heterocycles. The summed E-state index contributed by atoms with van der Waals surface area (Å²) in [5.74, 6) is -0.951. The molecule has 98 valence electrons. The summed E-state index contributed by atoms with van der Waals surface area (Å²) >= 11 is 0. The molecule has 0 spiro atoms. The van der Waals surface area contributed by atoms with E-state index in [4.69, 9.17) is 5.11 Å². The van der Waals surface area contributed by atoms with Gasteiger partial charge in [-0.3, -0.25) is 4.98 Å². The average molecular weight is 266 g/mol. The van der Waals surface area contributed by atoms with Crippen LogP contribution < -0.4 is 0 Å². The van der Waals surface area contributed by atoms with Gasteiger partial charge < -0.3 is 5.11 Å². The van der Waals surface area contributed by atoms with E-state index in [0.717, 1.165) is 16.9 Å². The van der Waals surface area contributed by atoms with Gasteiger partial charge in [0.05, 0.1) is 17.4 Å². The Hall–Kier alpha value is -3.02. The molecule has 6 nitrogen and oxygen atoms in total. The molecule has 0 radical (unpaired) electrons. The fourth-order valence-corrected chi connectivity index (χ4v) is 1.80. The number of pyridine rings is 1. The van der Waals surface area contributed by atoms with Crippen LogP contribution in [0, 0.1) is 0 Å². The number of hydrogen-bond acceptors (Lipinski definition) is 4. The van der Waals surface area contributed by atoms with Gasteiger partial charge in [0.25, 0.3) is 0 Å². The summed E-state index contributed by atoms with van der Waals surface area (Å²) in [4.78, 5) is 14.7. The highest BCUT2D eigenvalue weighted by Crippen LogP contribution is 2.16. The lowest BCUT2D eigenvalue weighted by atomic mass is 10.2. The third-order valence-electron chi connectivity index (χ3n) is 2.85. The second-order valence-electron chi connectivity index (χ2n) is 4.14. The smallest absolute Gasteiger partial charge is 0.335 e. The molecule has 0 unspecified atom stereocenters. The Balaban J connectivity index is 1.92. The molecule has 0 aliphatic heterocycles. The average Bonchev–Trinajstić information content (AvgIpc) is 2.98. The van der Waals surface area contributed by atoms with E-state index in [-0.39, 0.29) is 5.56 Å². The first-order chi connectivity index (χ1) is 9.74. The van der Waals surface area contributed by atoms with E-state index in [1.54, 1.807) is 35.4 Å². The van der Waals surface area contributed by atoms with E-state index < -0.39 is 5.97 Å². The molecular formula is C14H10N4O2. The van der Waals surface area contributed by atoms with Crippen LogP contribution in [-0.2, 0) is 0 Å². The third kappa shape index (κ3) is 2.26. The number of aromatic nitrogens is 4. The number of carboxylic acids is 1. The highest BCUT2D eigenvalue weighted by atomic mass is 16.4. The van der Waals surface area contributed by atoms with Gasteiger partial charge in [-0.1, -0.05) is 5.21 Å². The SMILES string of the molecule is O=C(O)c1ccc(-n2cc(-c3ccncc3)nn2)cc1. The van der Waals surface area contributed by atoms with Gasteiger partial charge in [0, 0.05) is 18.0 Å². The minimum Gasteiger partial charge on any atom is -0.478 e. The molecule has 0 amide bonds. The van der Waals surface area contributed by atoms with Crippen LogP contribution >= 0.6 is 0 Å². The number of nitrogens with zero attached hydrogens (tertiary/aromatic N) is 4. The summed E-state index contributed by atoms with van der Waals surface area (Å²) in [5.41, 5.74) is 2.65. The molecule has 0 fully saturated rings. The fourth-order valence-electron chi connectivity index (χ4n) is 1.80. The maximum absolute atomic E-state index is 10.8. The van der Waals surface area contributed by atoms with Crippen molar-refractivity contribution < 1.29 is 9.90 Å². The first kappa shape index (κ1) is 12.0. The first-order valence-electron chi connectivity index (χ1n) is 5.90. The van der Waals surface area contributed by atoms with E-state index in [2.05, 4.69) is 15.3 Å². The molecule has 0 aliphatic carbocycles. The number of rotatable bonds is 3. The Bertz CT molecular complexity index is 735. The summed E-state index contributed by atoms with van der Waals surface area (Å²) in [5, 5.41) is 17.0. The first-order valence-corrected chi connectivity index (χ1v) is 5.90. The van der Waals surface area contributed by atoms with Gasteiger partial charge in [-0.15, -0.1) is 5.10 Å². The number of benzene rings is 1. The Labute approximate surface area is 114 Å². The van der Waals surface area contributed by atoms with E-state index in [9.17, 15) is 4.79 Å². The fraction of sp³-hybridized carbons (Fsp3) is 0. The normalized spacial score (nSPS) is 10.4.